The van der Waals surface area contributed by atoms with Gasteiger partial charge in [0.2, 0.25) is 5.78 Å². The van der Waals surface area contributed by atoms with Crippen molar-refractivity contribution in [1.29, 1.82) is 0 Å². The number of Topliss-reactive ketones (excluding diaryl/α,β-unsaturated/α-hetero) is 1. The van der Waals surface area contributed by atoms with Gasteiger partial charge >= 0.3 is 0 Å². The number of benzene rings is 1. The number of carbonyl (C=O) groups excluding carboxylic acids is 2. The van der Waals surface area contributed by atoms with E-state index in [1.54, 1.807) is 13.1 Å². The zero-order valence-electron chi connectivity index (χ0n) is 17.8. The summed E-state index contributed by atoms with van der Waals surface area (Å²) in [6.45, 7) is 2.79. The summed E-state index contributed by atoms with van der Waals surface area (Å²) < 4.78 is 8.43. The number of hydrogen-bond donors (Lipinski definition) is 1. The van der Waals surface area contributed by atoms with E-state index in [-0.39, 0.29) is 29.4 Å². The maximum atomic E-state index is 13.1. The highest BCUT2D eigenvalue weighted by atomic mass is 16.5. The number of nitrogens with one attached hydrogen (secondary N) is 1. The molecule has 3 aromatic heterocycles. The van der Waals surface area contributed by atoms with E-state index in [1.807, 2.05) is 54.0 Å². The molecule has 0 bridgehead atoms. The van der Waals surface area contributed by atoms with Crippen LogP contribution in [0.5, 0.6) is 0 Å². The van der Waals surface area contributed by atoms with Gasteiger partial charge in [0.05, 0.1) is 48.3 Å². The lowest BCUT2D eigenvalue weighted by atomic mass is 9.99. The van der Waals surface area contributed by atoms with Crippen molar-refractivity contribution in [3.05, 3.63) is 71.9 Å². The normalized spacial score (nSPS) is 14.8. The molecule has 0 spiro atoms. The van der Waals surface area contributed by atoms with E-state index in [4.69, 9.17) is 4.74 Å². The van der Waals surface area contributed by atoms with E-state index in [0.29, 0.717) is 24.7 Å². The summed E-state index contributed by atoms with van der Waals surface area (Å²) in [6, 6.07) is 11.6. The molecule has 1 aliphatic rings. The lowest BCUT2D eigenvalue weighted by Crippen LogP contribution is -2.60. The quantitative estimate of drug-likeness (QED) is 0.470. The summed E-state index contributed by atoms with van der Waals surface area (Å²) >= 11 is 0. The maximum Gasteiger partial charge on any atom is 0.255 e. The Hall–Kier alpha value is -3.85. The van der Waals surface area contributed by atoms with E-state index in [9.17, 15) is 9.59 Å². The number of carbonyl (C=O) groups is 2. The summed E-state index contributed by atoms with van der Waals surface area (Å²) in [5.74, 6) is -0.0664. The highest BCUT2D eigenvalue weighted by Gasteiger charge is 2.36. The minimum atomic E-state index is -0.420. The van der Waals surface area contributed by atoms with E-state index in [0.717, 1.165) is 11.3 Å². The fourth-order valence-corrected chi connectivity index (χ4v) is 3.76. The van der Waals surface area contributed by atoms with Crippen molar-refractivity contribution < 1.29 is 14.3 Å². The van der Waals surface area contributed by atoms with Crippen molar-refractivity contribution in [1.82, 2.24) is 29.5 Å². The molecule has 9 heteroatoms. The number of ether oxygens (including phenoxy) is 1. The molecule has 162 valence electrons. The molecule has 9 nitrogen and oxygen atoms in total. The highest BCUT2D eigenvalue weighted by molar-refractivity contribution is 6.07. The third kappa shape index (κ3) is 3.67. The average molecular weight is 430 g/mol. The predicted molar refractivity (Wildman–Crippen MR) is 116 cm³/mol. The second kappa shape index (κ2) is 7.69. The molecule has 1 saturated heterocycles. The molecule has 1 N–H and O–H groups in total. The summed E-state index contributed by atoms with van der Waals surface area (Å²) in [6.07, 6.45) is 5.18. The number of hydrogen-bond acceptors (Lipinski definition) is 6. The third-order valence-electron chi connectivity index (χ3n) is 5.50. The smallest absolute Gasteiger partial charge is 0.255 e. The van der Waals surface area contributed by atoms with Gasteiger partial charge in [0.1, 0.15) is 5.69 Å². The minimum Gasteiger partial charge on any atom is -0.376 e. The van der Waals surface area contributed by atoms with Crippen molar-refractivity contribution in [2.45, 2.75) is 18.9 Å². The standard InChI is InChI=1S/C23H22N6O3/c1-23(13-32-14-23)27-21(31)17-11-24-28(2)20(17)19(30)10-16-8-9-29-12-18(26-22(29)25-16)15-6-4-3-5-7-15/h3-9,11-12H,10,13-14H2,1-2H3,(H,27,31). The van der Waals surface area contributed by atoms with Gasteiger partial charge in [-0.15, -0.1) is 0 Å². The van der Waals surface area contributed by atoms with Crippen molar-refractivity contribution in [2.24, 2.45) is 7.05 Å². The predicted octanol–water partition coefficient (Wildman–Crippen LogP) is 2.07. The second-order valence-corrected chi connectivity index (χ2v) is 8.26. The minimum absolute atomic E-state index is 0.0320. The molecule has 4 aromatic rings. The van der Waals surface area contributed by atoms with Crippen LogP contribution in [0.25, 0.3) is 17.0 Å². The fraction of sp³-hybridized carbons (Fsp3) is 0.261. The Morgan fingerprint density at radius 1 is 1.16 bits per heavy atom. The molecule has 0 saturated carbocycles. The third-order valence-corrected chi connectivity index (χ3v) is 5.50. The van der Waals surface area contributed by atoms with E-state index in [1.165, 1.54) is 10.9 Å². The summed E-state index contributed by atoms with van der Waals surface area (Å²) in [5, 5.41) is 7.05. The van der Waals surface area contributed by atoms with Gasteiger partial charge in [-0.1, -0.05) is 30.3 Å². The Labute approximate surface area is 184 Å². The molecule has 5 rings (SSSR count). The second-order valence-electron chi connectivity index (χ2n) is 8.26. The summed E-state index contributed by atoms with van der Waals surface area (Å²) in [4.78, 5) is 35.0. The van der Waals surface area contributed by atoms with Crippen LogP contribution in [0.15, 0.2) is 55.0 Å². The van der Waals surface area contributed by atoms with Crippen LogP contribution in [0.2, 0.25) is 0 Å². The first-order valence-electron chi connectivity index (χ1n) is 10.3. The van der Waals surface area contributed by atoms with Gasteiger partial charge in [-0.05, 0) is 13.0 Å². The summed E-state index contributed by atoms with van der Waals surface area (Å²) in [5.41, 5.74) is 2.45. The van der Waals surface area contributed by atoms with E-state index < -0.39 is 5.54 Å². The van der Waals surface area contributed by atoms with Crippen LogP contribution in [0, 0.1) is 0 Å². The summed E-state index contributed by atoms with van der Waals surface area (Å²) in [7, 11) is 1.65. The van der Waals surface area contributed by atoms with Crippen molar-refractivity contribution in [2.75, 3.05) is 13.2 Å². The first kappa shape index (κ1) is 20.1. The Balaban J connectivity index is 1.38. The van der Waals surface area contributed by atoms with Crippen LogP contribution in [0.4, 0.5) is 0 Å². The zero-order valence-corrected chi connectivity index (χ0v) is 17.8. The van der Waals surface area contributed by atoms with Crippen LogP contribution in [-0.2, 0) is 18.2 Å². The number of imidazole rings is 1. The number of amides is 1. The fourth-order valence-electron chi connectivity index (χ4n) is 3.76. The molecular formula is C23H22N6O3. The van der Waals surface area contributed by atoms with Gasteiger partial charge in [-0.25, -0.2) is 9.97 Å². The van der Waals surface area contributed by atoms with E-state index in [2.05, 4.69) is 20.4 Å². The van der Waals surface area contributed by atoms with Gasteiger partial charge in [0.25, 0.3) is 5.91 Å². The lowest BCUT2D eigenvalue weighted by Gasteiger charge is -2.38. The van der Waals surface area contributed by atoms with Gasteiger partial charge in [-0.3, -0.25) is 18.7 Å². The van der Waals surface area contributed by atoms with Crippen LogP contribution in [-0.4, -0.2) is 54.6 Å². The molecular weight excluding hydrogens is 408 g/mol. The Bertz CT molecular complexity index is 1320. The number of fused-ring (bicyclic) bond motifs is 1. The number of aromatic nitrogens is 5. The first-order chi connectivity index (χ1) is 15.4. The number of nitrogens with zero attached hydrogens (tertiary/aromatic N) is 5. The molecule has 4 heterocycles. The topological polar surface area (TPSA) is 103 Å². The number of aryl methyl sites for hydroxylation is 1. The Morgan fingerprint density at radius 2 is 1.94 bits per heavy atom. The molecule has 32 heavy (non-hydrogen) atoms. The first-order valence-corrected chi connectivity index (χ1v) is 10.3. The van der Waals surface area contributed by atoms with Crippen LogP contribution < -0.4 is 5.32 Å². The molecule has 0 radical (unpaired) electrons. The molecule has 1 amide bonds. The Kier molecular flexibility index (Phi) is 4.82. The van der Waals surface area contributed by atoms with Gasteiger partial charge < -0.3 is 10.1 Å². The van der Waals surface area contributed by atoms with Gasteiger partial charge in [0.15, 0.2) is 5.78 Å². The maximum absolute atomic E-state index is 13.1. The molecule has 0 atom stereocenters. The van der Waals surface area contributed by atoms with Crippen molar-refractivity contribution >= 4 is 17.5 Å². The largest absolute Gasteiger partial charge is 0.376 e. The molecule has 0 aliphatic carbocycles. The number of rotatable bonds is 6. The number of ketones is 1. The lowest BCUT2D eigenvalue weighted by molar-refractivity contribution is -0.0593. The average Bonchev–Trinajstić information content (AvgIpc) is 3.36. The van der Waals surface area contributed by atoms with Crippen molar-refractivity contribution in [3.8, 4) is 11.3 Å². The van der Waals surface area contributed by atoms with Crippen molar-refractivity contribution in [3.63, 3.8) is 0 Å². The van der Waals surface area contributed by atoms with Crippen LogP contribution >= 0.6 is 0 Å². The van der Waals surface area contributed by atoms with Crippen LogP contribution in [0.3, 0.4) is 0 Å². The zero-order chi connectivity index (χ0) is 22.3. The monoisotopic (exact) mass is 430 g/mol. The highest BCUT2D eigenvalue weighted by Crippen LogP contribution is 2.20. The van der Waals surface area contributed by atoms with Gasteiger partial charge in [-0.2, -0.15) is 5.10 Å². The molecule has 0 unspecified atom stereocenters. The van der Waals surface area contributed by atoms with Gasteiger partial charge in [0, 0.05) is 25.0 Å². The Morgan fingerprint density at radius 3 is 2.66 bits per heavy atom. The molecule has 1 fully saturated rings. The molecule has 1 aromatic carbocycles. The molecule has 1 aliphatic heterocycles. The van der Waals surface area contributed by atoms with Crippen LogP contribution in [0.1, 0.15) is 33.5 Å². The SMILES string of the molecule is Cn1ncc(C(=O)NC2(C)COC2)c1C(=O)Cc1ccn2cc(-c3ccccc3)nc2n1. The van der Waals surface area contributed by atoms with E-state index >= 15 is 0 Å².